The van der Waals surface area contributed by atoms with Gasteiger partial charge < -0.3 is 11.1 Å². The minimum Gasteiger partial charge on any atom is -0.353 e. The second-order valence-corrected chi connectivity index (χ2v) is 9.22. The van der Waals surface area contributed by atoms with Gasteiger partial charge in [0.05, 0.1) is 5.41 Å². The summed E-state index contributed by atoms with van der Waals surface area (Å²) in [5.74, 6) is 1.12. The minimum absolute atomic E-state index is 0.0696. The summed E-state index contributed by atoms with van der Waals surface area (Å²) < 4.78 is 0. The van der Waals surface area contributed by atoms with Crippen LogP contribution in [0, 0.1) is 22.2 Å². The van der Waals surface area contributed by atoms with Crippen molar-refractivity contribution in [1.29, 1.82) is 0 Å². The van der Waals surface area contributed by atoms with Crippen molar-refractivity contribution in [3.8, 4) is 0 Å². The van der Waals surface area contributed by atoms with Crippen LogP contribution in [0.4, 0.5) is 0 Å². The van der Waals surface area contributed by atoms with Gasteiger partial charge in [-0.2, -0.15) is 0 Å². The normalized spacial score (nSPS) is 45.6. The van der Waals surface area contributed by atoms with Crippen LogP contribution in [0.1, 0.15) is 72.1 Å². The molecular formula is C18H32N2O. The summed E-state index contributed by atoms with van der Waals surface area (Å²) in [7, 11) is 0. The van der Waals surface area contributed by atoms with E-state index in [9.17, 15) is 4.79 Å². The Morgan fingerprint density at radius 1 is 1.19 bits per heavy atom. The SMILES string of the molecule is CC(CCCN)NC(=O)C12CC3CC(C)(CC(C)(C3)C1)C2. The molecule has 0 radical (unpaired) electrons. The molecule has 0 heterocycles. The van der Waals surface area contributed by atoms with E-state index in [0.717, 1.165) is 38.0 Å². The molecule has 3 nitrogen and oxygen atoms in total. The molecule has 4 aliphatic carbocycles. The summed E-state index contributed by atoms with van der Waals surface area (Å²) in [5.41, 5.74) is 6.32. The molecule has 0 aliphatic heterocycles. The van der Waals surface area contributed by atoms with E-state index in [0.29, 0.717) is 23.3 Å². The lowest BCUT2D eigenvalue weighted by atomic mass is 9.40. The van der Waals surface area contributed by atoms with Crippen molar-refractivity contribution in [2.24, 2.45) is 27.9 Å². The summed E-state index contributed by atoms with van der Waals surface area (Å²) >= 11 is 0. The van der Waals surface area contributed by atoms with Crippen LogP contribution in [0.5, 0.6) is 0 Å². The molecule has 0 aromatic rings. The molecule has 0 aromatic carbocycles. The first-order chi connectivity index (χ1) is 9.78. The number of nitrogens with one attached hydrogen (secondary N) is 1. The van der Waals surface area contributed by atoms with Crippen molar-refractivity contribution < 1.29 is 4.79 Å². The van der Waals surface area contributed by atoms with Gasteiger partial charge in [-0.05, 0) is 81.6 Å². The van der Waals surface area contributed by atoms with Crippen LogP contribution >= 0.6 is 0 Å². The van der Waals surface area contributed by atoms with Gasteiger partial charge in [-0.3, -0.25) is 4.79 Å². The predicted molar refractivity (Wildman–Crippen MR) is 85.7 cm³/mol. The smallest absolute Gasteiger partial charge is 0.226 e. The fourth-order valence-electron chi connectivity index (χ4n) is 6.57. The number of rotatable bonds is 5. The highest BCUT2D eigenvalue weighted by atomic mass is 16.2. The number of nitrogens with two attached hydrogens (primary N) is 1. The third-order valence-corrected chi connectivity index (χ3v) is 6.33. The minimum atomic E-state index is -0.0696. The zero-order chi connectivity index (χ0) is 15.3. The van der Waals surface area contributed by atoms with Gasteiger partial charge >= 0.3 is 0 Å². The molecule has 21 heavy (non-hydrogen) atoms. The highest BCUT2D eigenvalue weighted by molar-refractivity contribution is 5.83. The molecule has 4 saturated carbocycles. The third kappa shape index (κ3) is 2.74. The van der Waals surface area contributed by atoms with E-state index >= 15 is 0 Å². The van der Waals surface area contributed by atoms with Crippen LogP contribution in [0.2, 0.25) is 0 Å². The van der Waals surface area contributed by atoms with Crippen LogP contribution in [0.15, 0.2) is 0 Å². The summed E-state index contributed by atoms with van der Waals surface area (Å²) in [6.07, 6.45) is 9.37. The van der Waals surface area contributed by atoms with Gasteiger partial charge in [0.15, 0.2) is 0 Å². The number of hydrogen-bond acceptors (Lipinski definition) is 2. The maximum Gasteiger partial charge on any atom is 0.226 e. The van der Waals surface area contributed by atoms with Crippen molar-refractivity contribution in [2.75, 3.05) is 6.54 Å². The molecule has 4 rings (SSSR count). The molecule has 1 amide bonds. The van der Waals surface area contributed by atoms with Gasteiger partial charge in [-0.15, -0.1) is 0 Å². The Balaban J connectivity index is 1.73. The molecular weight excluding hydrogens is 260 g/mol. The fourth-order valence-corrected chi connectivity index (χ4v) is 6.57. The summed E-state index contributed by atoms with van der Waals surface area (Å²) in [6, 6.07) is 0.259. The van der Waals surface area contributed by atoms with E-state index in [1.807, 2.05) is 0 Å². The number of carbonyl (C=O) groups is 1. The van der Waals surface area contributed by atoms with Crippen molar-refractivity contribution in [3.63, 3.8) is 0 Å². The second-order valence-electron chi connectivity index (χ2n) is 9.22. The summed E-state index contributed by atoms with van der Waals surface area (Å²) in [5, 5.41) is 3.31. The topological polar surface area (TPSA) is 55.1 Å². The second kappa shape index (κ2) is 4.97. The van der Waals surface area contributed by atoms with Crippen LogP contribution in [-0.4, -0.2) is 18.5 Å². The van der Waals surface area contributed by atoms with E-state index in [1.54, 1.807) is 0 Å². The van der Waals surface area contributed by atoms with E-state index in [4.69, 9.17) is 5.73 Å². The molecule has 3 unspecified atom stereocenters. The van der Waals surface area contributed by atoms with E-state index in [1.165, 1.54) is 19.3 Å². The Morgan fingerprint density at radius 3 is 2.33 bits per heavy atom. The number of hydrogen-bond donors (Lipinski definition) is 2. The maximum absolute atomic E-state index is 13.0. The lowest BCUT2D eigenvalue weighted by molar-refractivity contribution is -0.170. The van der Waals surface area contributed by atoms with E-state index in [-0.39, 0.29) is 11.5 Å². The monoisotopic (exact) mass is 292 g/mol. The van der Waals surface area contributed by atoms with Gasteiger partial charge in [-0.25, -0.2) is 0 Å². The van der Waals surface area contributed by atoms with Crippen LogP contribution in [-0.2, 0) is 4.79 Å². The molecule has 4 aliphatic rings. The van der Waals surface area contributed by atoms with Crippen molar-refractivity contribution >= 4 is 5.91 Å². The quantitative estimate of drug-likeness (QED) is 0.817. The van der Waals surface area contributed by atoms with Crippen molar-refractivity contribution in [2.45, 2.75) is 78.2 Å². The Hall–Kier alpha value is -0.570. The van der Waals surface area contributed by atoms with Crippen LogP contribution in [0.3, 0.4) is 0 Å². The van der Waals surface area contributed by atoms with E-state index < -0.39 is 0 Å². The van der Waals surface area contributed by atoms with E-state index in [2.05, 4.69) is 26.1 Å². The molecule has 3 atom stereocenters. The average molecular weight is 292 g/mol. The van der Waals surface area contributed by atoms with Crippen LogP contribution < -0.4 is 11.1 Å². The predicted octanol–water partition coefficient (Wildman–Crippen LogP) is 3.23. The lowest BCUT2D eigenvalue weighted by Crippen LogP contribution is -2.60. The average Bonchev–Trinajstić information content (AvgIpc) is 2.31. The molecule has 4 fully saturated rings. The molecule has 4 bridgehead atoms. The van der Waals surface area contributed by atoms with Crippen molar-refractivity contribution in [1.82, 2.24) is 5.32 Å². The van der Waals surface area contributed by atoms with Gasteiger partial charge in [-0.1, -0.05) is 13.8 Å². The first kappa shape index (κ1) is 15.3. The standard InChI is InChI=1S/C18H32N2O/c1-13(5-4-6-19)20-15(21)18-9-14-7-16(2,11-18)10-17(3,8-14)12-18/h13-14H,4-12,19H2,1-3H3,(H,20,21). The largest absolute Gasteiger partial charge is 0.353 e. The van der Waals surface area contributed by atoms with Crippen LogP contribution in [0.25, 0.3) is 0 Å². The Bertz CT molecular complexity index is 415. The zero-order valence-electron chi connectivity index (χ0n) is 14.0. The molecule has 120 valence electrons. The number of amides is 1. The highest BCUT2D eigenvalue weighted by Crippen LogP contribution is 2.69. The summed E-state index contributed by atoms with van der Waals surface area (Å²) in [6.45, 7) is 7.69. The Labute approximate surface area is 129 Å². The van der Waals surface area contributed by atoms with Crippen molar-refractivity contribution in [3.05, 3.63) is 0 Å². The van der Waals surface area contributed by atoms with Gasteiger partial charge in [0, 0.05) is 6.04 Å². The Kier molecular flexibility index (Phi) is 3.63. The lowest BCUT2D eigenvalue weighted by Gasteiger charge is -2.64. The highest BCUT2D eigenvalue weighted by Gasteiger charge is 2.62. The zero-order valence-corrected chi connectivity index (χ0v) is 14.0. The third-order valence-electron chi connectivity index (χ3n) is 6.33. The summed E-state index contributed by atoms with van der Waals surface area (Å²) in [4.78, 5) is 13.0. The first-order valence-electron chi connectivity index (χ1n) is 8.79. The maximum atomic E-state index is 13.0. The van der Waals surface area contributed by atoms with Gasteiger partial charge in [0.2, 0.25) is 5.91 Å². The molecule has 0 spiro atoms. The van der Waals surface area contributed by atoms with Gasteiger partial charge in [0.1, 0.15) is 0 Å². The first-order valence-corrected chi connectivity index (χ1v) is 8.79. The Morgan fingerprint density at radius 2 is 1.81 bits per heavy atom. The molecule has 3 heteroatoms. The molecule has 0 saturated heterocycles. The molecule has 0 aromatic heterocycles. The van der Waals surface area contributed by atoms with Gasteiger partial charge in [0.25, 0.3) is 0 Å². The molecule has 3 N–H and O–H groups in total. The number of carbonyl (C=O) groups excluding carboxylic acids is 1. The fraction of sp³-hybridized carbons (Fsp3) is 0.944.